The number of nitrogens with one attached hydrogen (secondary N) is 2. The first-order chi connectivity index (χ1) is 12.2. The van der Waals surface area contributed by atoms with Crippen LogP contribution in [0.3, 0.4) is 0 Å². The Hall–Kier alpha value is -1.96. The number of ether oxygens (including phenoxy) is 1. The molecule has 1 rings (SSSR count). The van der Waals surface area contributed by atoms with E-state index in [9.17, 15) is 23.1 Å². The molecule has 0 aromatic heterocycles. The molecule has 0 fully saturated rings. The van der Waals surface area contributed by atoms with Crippen LogP contribution in [0.15, 0.2) is 24.3 Å². The van der Waals surface area contributed by atoms with Gasteiger partial charge in [-0.1, -0.05) is 38.8 Å². The van der Waals surface area contributed by atoms with Gasteiger partial charge >= 0.3 is 12.2 Å². The highest BCUT2D eigenvalue weighted by molar-refractivity contribution is 5.74. The van der Waals surface area contributed by atoms with Crippen LogP contribution in [0, 0.1) is 5.92 Å². The molecule has 0 aliphatic carbocycles. The minimum atomic E-state index is -4.38. The average molecular weight is 376 g/mol. The maximum absolute atomic E-state index is 12.1. The number of urea groups is 1. The molecule has 0 aliphatic rings. The minimum Gasteiger partial charge on any atom is -0.484 e. The van der Waals surface area contributed by atoms with Gasteiger partial charge in [-0.3, -0.25) is 0 Å². The van der Waals surface area contributed by atoms with Crippen LogP contribution in [0.25, 0.3) is 0 Å². The number of amides is 2. The van der Waals surface area contributed by atoms with E-state index >= 15 is 0 Å². The number of hydrogen-bond donors (Lipinski definition) is 3. The molecule has 148 valence electrons. The Labute approximate surface area is 151 Å². The minimum absolute atomic E-state index is 0.107. The van der Waals surface area contributed by atoms with E-state index in [4.69, 9.17) is 0 Å². The SMILES string of the molecule is CCC(CC)C(O)CNC(=O)NC(C)c1ccc(OCC(F)(F)F)cc1. The third kappa shape index (κ3) is 7.95. The van der Waals surface area contributed by atoms with Crippen LogP contribution < -0.4 is 15.4 Å². The zero-order valence-electron chi connectivity index (χ0n) is 15.3. The molecule has 8 heteroatoms. The van der Waals surface area contributed by atoms with E-state index in [1.165, 1.54) is 12.1 Å². The second kappa shape index (κ2) is 10.3. The van der Waals surface area contributed by atoms with Crippen molar-refractivity contribution in [2.24, 2.45) is 5.92 Å². The lowest BCUT2D eigenvalue weighted by atomic mass is 9.97. The van der Waals surface area contributed by atoms with E-state index in [2.05, 4.69) is 15.4 Å². The first-order valence-corrected chi connectivity index (χ1v) is 8.68. The third-order valence-corrected chi connectivity index (χ3v) is 4.19. The van der Waals surface area contributed by atoms with Gasteiger partial charge in [0.15, 0.2) is 6.61 Å². The fraction of sp³-hybridized carbons (Fsp3) is 0.611. The van der Waals surface area contributed by atoms with E-state index in [1.54, 1.807) is 19.1 Å². The van der Waals surface area contributed by atoms with E-state index < -0.39 is 24.9 Å². The van der Waals surface area contributed by atoms with Gasteiger partial charge in [-0.2, -0.15) is 13.2 Å². The van der Waals surface area contributed by atoms with Crippen molar-refractivity contribution in [1.82, 2.24) is 10.6 Å². The molecule has 0 radical (unpaired) electrons. The second-order valence-corrected chi connectivity index (χ2v) is 6.19. The maximum Gasteiger partial charge on any atom is 0.422 e. The van der Waals surface area contributed by atoms with Gasteiger partial charge in [0.05, 0.1) is 12.1 Å². The summed E-state index contributed by atoms with van der Waals surface area (Å²) in [6.45, 7) is 4.54. The summed E-state index contributed by atoms with van der Waals surface area (Å²) in [5.41, 5.74) is 0.722. The monoisotopic (exact) mass is 376 g/mol. The van der Waals surface area contributed by atoms with Crippen LogP contribution in [0.5, 0.6) is 5.75 Å². The highest BCUT2D eigenvalue weighted by atomic mass is 19.4. The lowest BCUT2D eigenvalue weighted by Crippen LogP contribution is -2.42. The predicted octanol–water partition coefficient (Wildman–Crippen LogP) is 3.79. The summed E-state index contributed by atoms with van der Waals surface area (Å²) in [4.78, 5) is 11.9. The fourth-order valence-electron chi connectivity index (χ4n) is 2.55. The van der Waals surface area contributed by atoms with Crippen LogP contribution in [0.2, 0.25) is 0 Å². The third-order valence-electron chi connectivity index (χ3n) is 4.19. The van der Waals surface area contributed by atoms with Crippen LogP contribution in [-0.2, 0) is 0 Å². The van der Waals surface area contributed by atoms with E-state index in [0.717, 1.165) is 18.4 Å². The number of halogens is 3. The molecule has 0 bridgehead atoms. The molecule has 0 aliphatic heterocycles. The Morgan fingerprint density at radius 3 is 2.27 bits per heavy atom. The number of benzene rings is 1. The predicted molar refractivity (Wildman–Crippen MR) is 93.0 cm³/mol. The molecule has 3 N–H and O–H groups in total. The molecule has 2 unspecified atom stereocenters. The largest absolute Gasteiger partial charge is 0.484 e. The van der Waals surface area contributed by atoms with E-state index in [0.29, 0.717) is 0 Å². The summed E-state index contributed by atoms with van der Waals surface area (Å²) in [6.07, 6.45) is -3.32. The molecule has 1 aromatic rings. The lowest BCUT2D eigenvalue weighted by molar-refractivity contribution is -0.153. The number of carbonyl (C=O) groups is 1. The zero-order chi connectivity index (χ0) is 19.7. The fourth-order valence-corrected chi connectivity index (χ4v) is 2.55. The van der Waals surface area contributed by atoms with Crippen molar-refractivity contribution in [3.05, 3.63) is 29.8 Å². The zero-order valence-corrected chi connectivity index (χ0v) is 15.3. The summed E-state index contributed by atoms with van der Waals surface area (Å²) in [5.74, 6) is 0.244. The number of aliphatic hydroxyl groups excluding tert-OH is 1. The van der Waals surface area contributed by atoms with Gasteiger partial charge < -0.3 is 20.5 Å². The normalized spacial score (nSPS) is 14.0. The first-order valence-electron chi connectivity index (χ1n) is 8.68. The summed E-state index contributed by atoms with van der Waals surface area (Å²) in [6, 6.07) is 5.27. The number of carbonyl (C=O) groups excluding carboxylic acids is 1. The number of hydrogen-bond acceptors (Lipinski definition) is 3. The summed E-state index contributed by atoms with van der Waals surface area (Å²) < 4.78 is 41.0. The molecule has 1 aromatic carbocycles. The quantitative estimate of drug-likeness (QED) is 0.614. The van der Waals surface area contributed by atoms with Crippen molar-refractivity contribution in [2.45, 2.75) is 51.9 Å². The Kier molecular flexibility index (Phi) is 8.71. The number of aliphatic hydroxyl groups is 1. The number of rotatable bonds is 9. The van der Waals surface area contributed by atoms with Crippen molar-refractivity contribution in [1.29, 1.82) is 0 Å². The average Bonchev–Trinajstić information content (AvgIpc) is 2.59. The van der Waals surface area contributed by atoms with Crippen LogP contribution >= 0.6 is 0 Å². The van der Waals surface area contributed by atoms with Crippen molar-refractivity contribution >= 4 is 6.03 Å². The molecule has 0 spiro atoms. The second-order valence-electron chi connectivity index (χ2n) is 6.19. The first kappa shape index (κ1) is 22.1. The van der Waals surface area contributed by atoms with Gasteiger partial charge in [-0.15, -0.1) is 0 Å². The Balaban J connectivity index is 2.46. The van der Waals surface area contributed by atoms with Crippen LogP contribution in [-0.4, -0.2) is 36.6 Å². The Bertz CT molecular complexity index is 546. The summed E-state index contributed by atoms with van der Waals surface area (Å²) in [5, 5.41) is 15.4. The van der Waals surface area contributed by atoms with E-state index in [1.807, 2.05) is 13.8 Å². The molecule has 2 atom stereocenters. The highest BCUT2D eigenvalue weighted by Crippen LogP contribution is 2.21. The standard InChI is InChI=1S/C18H27F3N2O3/c1-4-13(5-2)16(24)10-22-17(25)23-12(3)14-6-8-15(9-7-14)26-11-18(19,20)21/h6-9,12-13,16,24H,4-5,10-11H2,1-3H3,(H2,22,23,25). The maximum atomic E-state index is 12.1. The van der Waals surface area contributed by atoms with Gasteiger partial charge in [-0.25, -0.2) is 4.79 Å². The van der Waals surface area contributed by atoms with Gasteiger partial charge in [0.25, 0.3) is 0 Å². The van der Waals surface area contributed by atoms with Crippen molar-refractivity contribution in [3.8, 4) is 5.75 Å². The van der Waals surface area contributed by atoms with Crippen molar-refractivity contribution in [2.75, 3.05) is 13.2 Å². The molecule has 0 saturated heterocycles. The summed E-state index contributed by atoms with van der Waals surface area (Å²) in [7, 11) is 0. The van der Waals surface area contributed by atoms with E-state index in [-0.39, 0.29) is 24.3 Å². The molecule has 0 saturated carbocycles. The smallest absolute Gasteiger partial charge is 0.422 e. The summed E-state index contributed by atoms with van der Waals surface area (Å²) >= 11 is 0. The Morgan fingerprint density at radius 1 is 1.19 bits per heavy atom. The van der Waals surface area contributed by atoms with Crippen LogP contribution in [0.4, 0.5) is 18.0 Å². The van der Waals surface area contributed by atoms with Gasteiger partial charge in [0.1, 0.15) is 5.75 Å². The van der Waals surface area contributed by atoms with Gasteiger partial charge in [0.2, 0.25) is 0 Å². The molecule has 2 amide bonds. The molecule has 0 heterocycles. The Morgan fingerprint density at radius 2 is 1.77 bits per heavy atom. The molecular formula is C18H27F3N2O3. The van der Waals surface area contributed by atoms with Crippen molar-refractivity contribution in [3.63, 3.8) is 0 Å². The van der Waals surface area contributed by atoms with Crippen molar-refractivity contribution < 1.29 is 27.8 Å². The molecule has 26 heavy (non-hydrogen) atoms. The molecule has 5 nitrogen and oxygen atoms in total. The lowest BCUT2D eigenvalue weighted by Gasteiger charge is -2.21. The number of alkyl halides is 3. The van der Waals surface area contributed by atoms with Gasteiger partial charge in [-0.05, 0) is 30.5 Å². The molecular weight excluding hydrogens is 349 g/mol. The highest BCUT2D eigenvalue weighted by Gasteiger charge is 2.28. The van der Waals surface area contributed by atoms with Gasteiger partial charge in [0, 0.05) is 6.54 Å². The topological polar surface area (TPSA) is 70.6 Å². The van der Waals surface area contributed by atoms with Crippen LogP contribution in [0.1, 0.15) is 45.2 Å².